The molecule has 0 atom stereocenters. The van der Waals surface area contributed by atoms with Gasteiger partial charge in [-0.1, -0.05) is 0 Å². The Kier molecular flexibility index (Phi) is 4.34. The molecule has 2 amide bonds. The highest BCUT2D eigenvalue weighted by Crippen LogP contribution is 2.21. The number of nitrogens with one attached hydrogen (secondary N) is 2. The second-order valence-electron chi connectivity index (χ2n) is 4.83. The Morgan fingerprint density at radius 2 is 1.89 bits per heavy atom. The third-order valence-electron chi connectivity index (χ3n) is 1.94. The van der Waals surface area contributed by atoms with Crippen molar-refractivity contribution >= 4 is 33.6 Å². The van der Waals surface area contributed by atoms with Crippen LogP contribution < -0.4 is 10.6 Å². The molecule has 3 N–H and O–H groups in total. The van der Waals surface area contributed by atoms with Crippen molar-refractivity contribution in [2.24, 2.45) is 0 Å². The van der Waals surface area contributed by atoms with Crippen molar-refractivity contribution in [3.63, 3.8) is 0 Å². The Balaban J connectivity index is 2.83. The minimum absolute atomic E-state index is 0.101. The molecule has 0 radical (unpaired) electrons. The summed E-state index contributed by atoms with van der Waals surface area (Å²) < 4.78 is 0.469. The number of hydrogen-bond acceptors (Lipinski definition) is 2. The zero-order chi connectivity index (χ0) is 13.9. The highest BCUT2D eigenvalue weighted by Gasteiger charge is 2.15. The van der Waals surface area contributed by atoms with E-state index in [0.29, 0.717) is 10.2 Å². The van der Waals surface area contributed by atoms with Gasteiger partial charge in [-0.3, -0.25) is 0 Å². The van der Waals surface area contributed by atoms with Crippen molar-refractivity contribution in [3.05, 3.63) is 28.2 Å². The number of hydrogen-bond donors (Lipinski definition) is 3. The van der Waals surface area contributed by atoms with Gasteiger partial charge < -0.3 is 15.7 Å². The molecule has 5 nitrogen and oxygen atoms in total. The standard InChI is InChI=1S/C12H15BrN2O3/c1-12(2,3)15-11(18)14-7-4-5-9(13)8(6-7)10(16)17/h4-6H,1-3H3,(H,16,17)(H2,14,15,18). The van der Waals surface area contributed by atoms with Gasteiger partial charge in [0.2, 0.25) is 0 Å². The Hall–Kier alpha value is -1.56. The molecule has 98 valence electrons. The van der Waals surface area contributed by atoms with Crippen LogP contribution >= 0.6 is 15.9 Å². The lowest BCUT2D eigenvalue weighted by molar-refractivity contribution is 0.0696. The fraction of sp³-hybridized carbons (Fsp3) is 0.333. The highest BCUT2D eigenvalue weighted by atomic mass is 79.9. The molecule has 0 aliphatic heterocycles. The molecule has 0 bridgehead atoms. The summed E-state index contributed by atoms with van der Waals surface area (Å²) in [5.41, 5.74) is 0.177. The van der Waals surface area contributed by atoms with Crippen molar-refractivity contribution < 1.29 is 14.7 Å². The Morgan fingerprint density at radius 1 is 1.28 bits per heavy atom. The van der Waals surface area contributed by atoms with Gasteiger partial charge >= 0.3 is 12.0 Å². The first-order chi connectivity index (χ1) is 8.19. The van der Waals surface area contributed by atoms with Crippen molar-refractivity contribution in [1.82, 2.24) is 5.32 Å². The second kappa shape index (κ2) is 5.39. The summed E-state index contributed by atoms with van der Waals surface area (Å²) in [5.74, 6) is -1.05. The van der Waals surface area contributed by atoms with Crippen LogP contribution in [0.5, 0.6) is 0 Å². The highest BCUT2D eigenvalue weighted by molar-refractivity contribution is 9.10. The molecule has 0 aromatic heterocycles. The van der Waals surface area contributed by atoms with Crippen molar-refractivity contribution in [2.75, 3.05) is 5.32 Å². The average Bonchev–Trinajstić information content (AvgIpc) is 2.17. The summed E-state index contributed by atoms with van der Waals surface area (Å²) in [7, 11) is 0. The lowest BCUT2D eigenvalue weighted by Crippen LogP contribution is -2.43. The van der Waals surface area contributed by atoms with E-state index in [2.05, 4.69) is 26.6 Å². The van der Waals surface area contributed by atoms with E-state index in [9.17, 15) is 9.59 Å². The molecule has 18 heavy (non-hydrogen) atoms. The molecule has 0 spiro atoms. The Labute approximate surface area is 114 Å². The molecule has 0 fully saturated rings. The molecular formula is C12H15BrN2O3. The van der Waals surface area contributed by atoms with Gasteiger partial charge in [0.25, 0.3) is 0 Å². The topological polar surface area (TPSA) is 78.4 Å². The van der Waals surface area contributed by atoms with Crippen molar-refractivity contribution in [3.8, 4) is 0 Å². The number of rotatable bonds is 2. The number of carboxylic acids is 1. The van der Waals surface area contributed by atoms with Gasteiger partial charge in [0.05, 0.1) is 5.56 Å². The summed E-state index contributed by atoms with van der Waals surface area (Å²) in [4.78, 5) is 22.5. The number of benzene rings is 1. The van der Waals surface area contributed by atoms with Crippen LogP contribution in [0.4, 0.5) is 10.5 Å². The lowest BCUT2D eigenvalue weighted by atomic mass is 10.1. The summed E-state index contributed by atoms with van der Waals surface area (Å²) >= 11 is 3.14. The maximum absolute atomic E-state index is 11.6. The smallest absolute Gasteiger partial charge is 0.336 e. The first-order valence-corrected chi connectivity index (χ1v) is 6.10. The van der Waals surface area contributed by atoms with E-state index in [1.165, 1.54) is 6.07 Å². The first-order valence-electron chi connectivity index (χ1n) is 5.31. The summed E-state index contributed by atoms with van der Waals surface area (Å²) in [5, 5.41) is 14.3. The minimum Gasteiger partial charge on any atom is -0.478 e. The van der Waals surface area contributed by atoms with Crippen LogP contribution in [-0.2, 0) is 0 Å². The number of halogens is 1. The average molecular weight is 315 g/mol. The summed E-state index contributed by atoms with van der Waals surface area (Å²) in [6, 6.07) is 4.23. The van der Waals surface area contributed by atoms with Gasteiger partial charge in [-0.15, -0.1) is 0 Å². The van der Waals surface area contributed by atoms with E-state index >= 15 is 0 Å². The van der Waals surface area contributed by atoms with Gasteiger partial charge in [0, 0.05) is 15.7 Å². The maximum Gasteiger partial charge on any atom is 0.336 e. The molecular weight excluding hydrogens is 300 g/mol. The van der Waals surface area contributed by atoms with E-state index in [1.807, 2.05) is 20.8 Å². The summed E-state index contributed by atoms with van der Waals surface area (Å²) in [6.07, 6.45) is 0. The predicted octanol–water partition coefficient (Wildman–Crippen LogP) is 3.07. The fourth-order valence-electron chi connectivity index (χ4n) is 1.27. The molecule has 0 saturated carbocycles. The molecule has 1 aromatic rings. The van der Waals surface area contributed by atoms with Crippen LogP contribution in [0.25, 0.3) is 0 Å². The second-order valence-corrected chi connectivity index (χ2v) is 5.68. The molecule has 6 heteroatoms. The van der Waals surface area contributed by atoms with E-state index in [4.69, 9.17) is 5.11 Å². The molecule has 1 rings (SSSR count). The SMILES string of the molecule is CC(C)(C)NC(=O)Nc1ccc(Br)c(C(=O)O)c1. The molecule has 0 aliphatic rings. The van der Waals surface area contributed by atoms with E-state index in [0.717, 1.165) is 0 Å². The Morgan fingerprint density at radius 3 is 2.39 bits per heavy atom. The van der Waals surface area contributed by atoms with Crippen LogP contribution in [0.1, 0.15) is 31.1 Å². The van der Waals surface area contributed by atoms with Crippen LogP contribution in [0.3, 0.4) is 0 Å². The zero-order valence-corrected chi connectivity index (χ0v) is 12.0. The number of carboxylic acid groups (broad SMARTS) is 1. The van der Waals surface area contributed by atoms with Gasteiger partial charge in [-0.05, 0) is 54.9 Å². The third-order valence-corrected chi connectivity index (χ3v) is 2.63. The largest absolute Gasteiger partial charge is 0.478 e. The summed E-state index contributed by atoms with van der Waals surface area (Å²) in [6.45, 7) is 5.57. The number of anilines is 1. The van der Waals surface area contributed by atoms with Crippen molar-refractivity contribution in [1.29, 1.82) is 0 Å². The first kappa shape index (κ1) is 14.5. The van der Waals surface area contributed by atoms with E-state index < -0.39 is 5.97 Å². The lowest BCUT2D eigenvalue weighted by Gasteiger charge is -2.20. The van der Waals surface area contributed by atoms with E-state index in [1.54, 1.807) is 12.1 Å². The number of carbonyl (C=O) groups is 2. The number of urea groups is 1. The molecule has 0 saturated heterocycles. The molecule has 0 unspecified atom stereocenters. The molecule has 0 aliphatic carbocycles. The number of aromatic carboxylic acids is 1. The van der Waals surface area contributed by atoms with Crippen LogP contribution in [0.2, 0.25) is 0 Å². The van der Waals surface area contributed by atoms with Gasteiger partial charge in [-0.25, -0.2) is 9.59 Å². The molecule has 1 aromatic carbocycles. The zero-order valence-electron chi connectivity index (χ0n) is 10.4. The van der Waals surface area contributed by atoms with Crippen molar-refractivity contribution in [2.45, 2.75) is 26.3 Å². The van der Waals surface area contributed by atoms with Gasteiger partial charge in [0.1, 0.15) is 0 Å². The normalized spacial score (nSPS) is 10.9. The molecule has 0 heterocycles. The van der Waals surface area contributed by atoms with Gasteiger partial charge in [-0.2, -0.15) is 0 Å². The monoisotopic (exact) mass is 314 g/mol. The quantitative estimate of drug-likeness (QED) is 0.785. The van der Waals surface area contributed by atoms with Crippen LogP contribution in [0.15, 0.2) is 22.7 Å². The predicted molar refractivity (Wildman–Crippen MR) is 73.0 cm³/mol. The van der Waals surface area contributed by atoms with Gasteiger partial charge in [0.15, 0.2) is 0 Å². The van der Waals surface area contributed by atoms with E-state index in [-0.39, 0.29) is 17.1 Å². The van der Waals surface area contributed by atoms with Crippen LogP contribution in [-0.4, -0.2) is 22.6 Å². The maximum atomic E-state index is 11.6. The van der Waals surface area contributed by atoms with Crippen LogP contribution in [0, 0.1) is 0 Å². The minimum atomic E-state index is -1.05. The third kappa shape index (κ3) is 4.37. The Bertz CT molecular complexity index is 481. The number of amides is 2. The number of carbonyl (C=O) groups excluding carboxylic acids is 1. The fourth-order valence-corrected chi connectivity index (χ4v) is 1.69.